The summed E-state index contributed by atoms with van der Waals surface area (Å²) in [5.74, 6) is -0.763. The molecule has 0 unspecified atom stereocenters. The standard InChI is InChI=1S/C10H16N2O3Si/c1-6-7-14-10(13)9(12-11)8(2)15-16(3,4)5/h6H,1-2,7H2,3-5H3. The second-order valence-corrected chi connectivity index (χ2v) is 8.40. The van der Waals surface area contributed by atoms with Crippen molar-refractivity contribution in [1.29, 1.82) is 0 Å². The van der Waals surface area contributed by atoms with E-state index >= 15 is 0 Å². The lowest BCUT2D eigenvalue weighted by atomic mass is 10.3. The minimum absolute atomic E-state index is 0.0238. The molecule has 0 fully saturated rings. The van der Waals surface area contributed by atoms with Gasteiger partial charge in [-0.15, -0.1) is 0 Å². The smallest absolute Gasteiger partial charge is 0.438 e. The quantitative estimate of drug-likeness (QED) is 0.135. The first kappa shape index (κ1) is 14.3. The van der Waals surface area contributed by atoms with Crippen molar-refractivity contribution >= 4 is 20.0 Å². The molecule has 6 heteroatoms. The van der Waals surface area contributed by atoms with Crippen molar-refractivity contribution in [2.45, 2.75) is 19.6 Å². The molecule has 0 atom stereocenters. The van der Waals surface area contributed by atoms with E-state index in [1.165, 1.54) is 6.08 Å². The third-order valence-electron chi connectivity index (χ3n) is 1.32. The van der Waals surface area contributed by atoms with Crippen LogP contribution in [0.25, 0.3) is 5.53 Å². The van der Waals surface area contributed by atoms with E-state index < -0.39 is 14.3 Å². The molecule has 0 heterocycles. The van der Waals surface area contributed by atoms with Gasteiger partial charge in [0.2, 0.25) is 8.32 Å². The van der Waals surface area contributed by atoms with Crippen LogP contribution < -0.4 is 0 Å². The van der Waals surface area contributed by atoms with Crippen molar-refractivity contribution < 1.29 is 18.7 Å². The van der Waals surface area contributed by atoms with Gasteiger partial charge in [-0.3, -0.25) is 0 Å². The van der Waals surface area contributed by atoms with E-state index in [4.69, 9.17) is 14.7 Å². The van der Waals surface area contributed by atoms with Gasteiger partial charge < -0.3 is 14.7 Å². The fourth-order valence-electron chi connectivity index (χ4n) is 0.831. The molecule has 5 nitrogen and oxygen atoms in total. The maximum Gasteiger partial charge on any atom is 0.438 e. The maximum absolute atomic E-state index is 11.4. The monoisotopic (exact) mass is 240 g/mol. The predicted molar refractivity (Wildman–Crippen MR) is 63.4 cm³/mol. The molecule has 0 saturated carbocycles. The molecule has 16 heavy (non-hydrogen) atoms. The van der Waals surface area contributed by atoms with Crippen molar-refractivity contribution in [1.82, 2.24) is 0 Å². The third kappa shape index (κ3) is 5.28. The van der Waals surface area contributed by atoms with Gasteiger partial charge in [-0.2, -0.15) is 4.79 Å². The van der Waals surface area contributed by atoms with Gasteiger partial charge in [0.05, 0.1) is 0 Å². The van der Waals surface area contributed by atoms with E-state index in [0.717, 1.165) is 0 Å². The summed E-state index contributed by atoms with van der Waals surface area (Å²) in [4.78, 5) is 14.2. The Balaban J connectivity index is 4.64. The first-order valence-electron chi connectivity index (χ1n) is 4.70. The van der Waals surface area contributed by atoms with Crippen LogP contribution in [0.3, 0.4) is 0 Å². The Morgan fingerprint density at radius 3 is 2.44 bits per heavy atom. The fourth-order valence-corrected chi connectivity index (χ4v) is 1.67. The summed E-state index contributed by atoms with van der Waals surface area (Å²) in [6.07, 6.45) is 1.41. The van der Waals surface area contributed by atoms with Crippen molar-refractivity contribution in [2.24, 2.45) is 0 Å². The number of hydrogen-bond acceptors (Lipinski definition) is 3. The maximum atomic E-state index is 11.4. The van der Waals surface area contributed by atoms with Crippen molar-refractivity contribution in [3.8, 4) is 0 Å². The average Bonchev–Trinajstić information content (AvgIpc) is 2.12. The van der Waals surface area contributed by atoms with Crippen LogP contribution >= 0.6 is 0 Å². The van der Waals surface area contributed by atoms with E-state index in [-0.39, 0.29) is 18.1 Å². The third-order valence-corrected chi connectivity index (χ3v) is 2.18. The minimum Gasteiger partial charge on any atom is -0.539 e. The Labute approximate surface area is 96.1 Å². The molecule has 0 bridgehead atoms. The molecule has 0 radical (unpaired) electrons. The lowest BCUT2D eigenvalue weighted by Gasteiger charge is -2.17. The lowest BCUT2D eigenvalue weighted by Crippen LogP contribution is -2.30. The molecule has 0 aliphatic heterocycles. The highest BCUT2D eigenvalue weighted by atomic mass is 28.4. The molecule has 0 aliphatic rings. The highest BCUT2D eigenvalue weighted by Gasteiger charge is 2.30. The molecule has 0 saturated heterocycles. The van der Waals surface area contributed by atoms with Crippen LogP contribution in [0.1, 0.15) is 0 Å². The molecule has 0 N–H and O–H groups in total. The van der Waals surface area contributed by atoms with Crippen LogP contribution in [0.4, 0.5) is 0 Å². The van der Waals surface area contributed by atoms with Crippen LogP contribution in [-0.2, 0) is 14.0 Å². The number of hydrogen-bond donors (Lipinski definition) is 0. The van der Waals surface area contributed by atoms with Gasteiger partial charge >= 0.3 is 11.7 Å². The van der Waals surface area contributed by atoms with Crippen molar-refractivity contribution in [3.63, 3.8) is 0 Å². The van der Waals surface area contributed by atoms with Crippen molar-refractivity contribution in [2.75, 3.05) is 6.61 Å². The Hall–Kier alpha value is -1.65. The summed E-state index contributed by atoms with van der Waals surface area (Å²) >= 11 is 0. The molecule has 0 aromatic carbocycles. The Kier molecular flexibility index (Phi) is 5.42. The zero-order valence-corrected chi connectivity index (χ0v) is 10.8. The summed E-state index contributed by atoms with van der Waals surface area (Å²) in [6.45, 7) is 12.7. The first-order chi connectivity index (χ1) is 7.31. The van der Waals surface area contributed by atoms with Crippen LogP contribution in [0, 0.1) is 0 Å². The van der Waals surface area contributed by atoms with Gasteiger partial charge in [0.15, 0.2) is 5.76 Å². The van der Waals surface area contributed by atoms with Gasteiger partial charge in [-0.25, -0.2) is 4.79 Å². The van der Waals surface area contributed by atoms with E-state index in [9.17, 15) is 4.79 Å². The van der Waals surface area contributed by atoms with E-state index in [1.807, 2.05) is 19.6 Å². The summed E-state index contributed by atoms with van der Waals surface area (Å²) in [6, 6.07) is 0. The van der Waals surface area contributed by atoms with E-state index in [0.29, 0.717) is 0 Å². The molecule has 0 aliphatic carbocycles. The average molecular weight is 240 g/mol. The van der Waals surface area contributed by atoms with Gasteiger partial charge in [0.25, 0.3) is 0 Å². The summed E-state index contributed by atoms with van der Waals surface area (Å²) in [7, 11) is -1.90. The second-order valence-electron chi connectivity index (χ2n) is 3.97. The Morgan fingerprint density at radius 2 is 2.06 bits per heavy atom. The van der Waals surface area contributed by atoms with Gasteiger partial charge in [0.1, 0.15) is 6.61 Å². The molecule has 0 aromatic heterocycles. The van der Waals surface area contributed by atoms with Crippen molar-refractivity contribution in [3.05, 3.63) is 30.5 Å². The predicted octanol–water partition coefficient (Wildman–Crippen LogP) is 1.75. The lowest BCUT2D eigenvalue weighted by molar-refractivity contribution is -0.139. The van der Waals surface area contributed by atoms with Crippen LogP contribution in [0.2, 0.25) is 19.6 Å². The number of carbonyl (C=O) groups is 1. The second kappa shape index (κ2) is 6.04. The van der Waals surface area contributed by atoms with E-state index in [2.05, 4.69) is 17.9 Å². The first-order valence-corrected chi connectivity index (χ1v) is 8.11. The van der Waals surface area contributed by atoms with E-state index in [1.54, 1.807) is 0 Å². The SMILES string of the molecule is C=CCOC(=O)C(=[N+]=[N-])C(=C)O[Si](C)(C)C. The van der Waals surface area contributed by atoms with Crippen LogP contribution in [0.5, 0.6) is 0 Å². The zero-order chi connectivity index (χ0) is 12.8. The van der Waals surface area contributed by atoms with Gasteiger partial charge in [-0.05, 0) is 26.2 Å². The number of rotatable bonds is 6. The number of esters is 1. The molecular formula is C10H16N2O3Si. The number of ether oxygens (including phenoxy) is 1. The molecule has 0 aromatic rings. The summed E-state index contributed by atoms with van der Waals surface area (Å²) < 4.78 is 10.1. The topological polar surface area (TPSA) is 71.9 Å². The molecule has 0 amide bonds. The largest absolute Gasteiger partial charge is 0.539 e. The molecule has 88 valence electrons. The zero-order valence-electron chi connectivity index (χ0n) is 9.82. The van der Waals surface area contributed by atoms with Crippen LogP contribution in [0.15, 0.2) is 25.0 Å². The minimum atomic E-state index is -1.90. The highest BCUT2D eigenvalue weighted by Crippen LogP contribution is 2.10. The fraction of sp³-hybridized carbons (Fsp3) is 0.400. The highest BCUT2D eigenvalue weighted by molar-refractivity contribution is 6.70. The molecule has 0 rings (SSSR count). The number of nitrogens with zero attached hydrogens (tertiary/aromatic N) is 2. The normalized spacial score (nSPS) is 9.94. The molecular weight excluding hydrogens is 224 g/mol. The number of carbonyl (C=O) groups excluding carboxylic acids is 1. The Bertz CT molecular complexity index is 352. The van der Waals surface area contributed by atoms with Gasteiger partial charge in [0, 0.05) is 0 Å². The molecule has 0 spiro atoms. The summed E-state index contributed by atoms with van der Waals surface area (Å²) in [5.41, 5.74) is 8.38. The van der Waals surface area contributed by atoms with Gasteiger partial charge in [-0.1, -0.05) is 12.7 Å². The summed E-state index contributed by atoms with van der Waals surface area (Å²) in [5, 5.41) is 0. The Morgan fingerprint density at radius 1 is 1.50 bits per heavy atom. The van der Waals surface area contributed by atoms with Crippen LogP contribution in [-0.4, -0.2) is 31.4 Å².